The Hall–Kier alpha value is -1.72. The van der Waals surface area contributed by atoms with E-state index in [0.29, 0.717) is 12.8 Å². The second-order valence-corrected chi connectivity index (χ2v) is 15.0. The van der Waals surface area contributed by atoms with Crippen LogP contribution >= 0.6 is 0 Å². The second-order valence-electron chi connectivity index (χ2n) is 14.0. The number of aliphatic hydroxyl groups excluding tert-OH is 5. The SMILES string of the molecule is CCC/C=C/CC/C=C/CC/C=C/C(O)C(COC1OC(CO)C(O)C(OS(=O)(=O)O)C1O)NC(=O)C(O)CCCCCCCCCCCCCCC. The Bertz CT molecular complexity index is 1120. The van der Waals surface area contributed by atoms with E-state index in [2.05, 4.69) is 47.7 Å². The van der Waals surface area contributed by atoms with Crippen molar-refractivity contribution in [2.24, 2.45) is 0 Å². The van der Waals surface area contributed by atoms with Gasteiger partial charge in [-0.25, -0.2) is 4.18 Å². The van der Waals surface area contributed by atoms with Gasteiger partial charge in [0.05, 0.1) is 25.4 Å². The number of carbonyl (C=O) groups is 1. The third kappa shape index (κ3) is 23.7. The van der Waals surface area contributed by atoms with Crippen LogP contribution in [0.3, 0.4) is 0 Å². The molecule has 1 aliphatic heterocycles. The Morgan fingerprint density at radius 3 is 1.77 bits per heavy atom. The summed E-state index contributed by atoms with van der Waals surface area (Å²) in [5, 5.41) is 54.8. The topological polar surface area (TPSA) is 212 Å². The Labute approximate surface area is 318 Å². The quantitative estimate of drug-likeness (QED) is 0.0262. The number of unbranched alkanes of at least 4 members (excludes halogenated alkanes) is 15. The Kier molecular flexibility index (Phi) is 28.4. The zero-order valence-corrected chi connectivity index (χ0v) is 33.0. The highest BCUT2D eigenvalue weighted by Crippen LogP contribution is 2.26. The van der Waals surface area contributed by atoms with Crippen LogP contribution < -0.4 is 5.32 Å². The number of nitrogens with one attached hydrogen (secondary N) is 1. The van der Waals surface area contributed by atoms with Crippen LogP contribution in [0.4, 0.5) is 0 Å². The summed E-state index contributed by atoms with van der Waals surface area (Å²) in [6, 6.07) is -1.14. The van der Waals surface area contributed by atoms with E-state index in [1.807, 2.05) is 0 Å². The molecule has 310 valence electrons. The third-order valence-electron chi connectivity index (χ3n) is 9.24. The van der Waals surface area contributed by atoms with Crippen LogP contribution in [0.1, 0.15) is 142 Å². The zero-order chi connectivity index (χ0) is 39.3. The fraction of sp³-hybridized carbons (Fsp3) is 0.821. The van der Waals surface area contributed by atoms with Crippen molar-refractivity contribution >= 4 is 16.3 Å². The lowest BCUT2D eigenvalue weighted by Gasteiger charge is -2.41. The van der Waals surface area contributed by atoms with Gasteiger partial charge in [0.15, 0.2) is 6.29 Å². The molecule has 1 aliphatic rings. The summed E-state index contributed by atoms with van der Waals surface area (Å²) in [5.41, 5.74) is 0. The monoisotopic (exact) mass is 777 g/mol. The first-order valence-electron chi connectivity index (χ1n) is 20.0. The van der Waals surface area contributed by atoms with Gasteiger partial charge in [-0.2, -0.15) is 8.42 Å². The Balaban J connectivity index is 2.71. The summed E-state index contributed by atoms with van der Waals surface area (Å²) in [5.74, 6) is -0.720. The molecule has 1 heterocycles. The summed E-state index contributed by atoms with van der Waals surface area (Å²) in [6.45, 7) is 3.07. The van der Waals surface area contributed by atoms with Crippen molar-refractivity contribution in [3.63, 3.8) is 0 Å². The van der Waals surface area contributed by atoms with Gasteiger partial charge in [-0.15, -0.1) is 0 Å². The van der Waals surface area contributed by atoms with Crippen molar-refractivity contribution in [3.8, 4) is 0 Å². The molecule has 0 aromatic heterocycles. The standard InChI is InChI=1S/C39H71NO12S/c1-3-5-7-9-11-13-15-16-18-20-22-24-26-28-33(43)38(46)40-31(32(42)27-25-23-21-19-17-14-12-10-8-6-4-2)30-50-39-36(45)37(52-53(47,48)49)35(44)34(29-41)51-39/h8,10,17,19,25,27,31-37,39,41-45H,3-7,9,11-16,18,20-24,26,28-30H2,1-2H3,(H,40,46)(H,47,48,49)/b10-8+,19-17+,27-25+. The number of aliphatic hydroxyl groups is 5. The van der Waals surface area contributed by atoms with Crippen molar-refractivity contribution in [1.82, 2.24) is 5.32 Å². The maximum atomic E-state index is 13.0. The van der Waals surface area contributed by atoms with Gasteiger partial charge in [-0.1, -0.05) is 140 Å². The molecule has 0 aromatic carbocycles. The molecule has 0 radical (unpaired) electrons. The summed E-state index contributed by atoms with van der Waals surface area (Å²) in [7, 11) is -5.12. The molecule has 8 unspecified atom stereocenters. The second kappa shape index (κ2) is 30.5. The van der Waals surface area contributed by atoms with Crippen molar-refractivity contribution < 1.29 is 57.0 Å². The lowest BCUT2D eigenvalue weighted by molar-refractivity contribution is -0.298. The molecular weight excluding hydrogens is 706 g/mol. The predicted octanol–water partition coefficient (Wildman–Crippen LogP) is 5.35. The molecule has 1 saturated heterocycles. The number of allylic oxidation sites excluding steroid dienone is 5. The lowest BCUT2D eigenvalue weighted by atomic mass is 9.99. The van der Waals surface area contributed by atoms with Crippen molar-refractivity contribution in [3.05, 3.63) is 36.5 Å². The minimum atomic E-state index is -5.12. The molecular formula is C39H71NO12S. The molecule has 1 rings (SSSR count). The van der Waals surface area contributed by atoms with E-state index in [9.17, 15) is 38.7 Å². The maximum Gasteiger partial charge on any atom is 0.397 e. The molecule has 0 aliphatic carbocycles. The first-order valence-corrected chi connectivity index (χ1v) is 21.3. The van der Waals surface area contributed by atoms with Crippen molar-refractivity contribution in [1.29, 1.82) is 0 Å². The summed E-state index contributed by atoms with van der Waals surface area (Å²) in [4.78, 5) is 13.0. The van der Waals surface area contributed by atoms with Gasteiger partial charge in [-0.3, -0.25) is 9.35 Å². The van der Waals surface area contributed by atoms with Gasteiger partial charge in [0, 0.05) is 0 Å². The first-order chi connectivity index (χ1) is 25.4. The minimum Gasteiger partial charge on any atom is -0.394 e. The van der Waals surface area contributed by atoms with E-state index in [1.54, 1.807) is 6.08 Å². The van der Waals surface area contributed by atoms with Gasteiger partial charge in [0.1, 0.15) is 30.5 Å². The first kappa shape index (κ1) is 49.3. The highest BCUT2D eigenvalue weighted by Gasteiger charge is 2.48. The molecule has 14 heteroatoms. The highest BCUT2D eigenvalue weighted by atomic mass is 32.3. The molecule has 0 aromatic rings. The van der Waals surface area contributed by atoms with Gasteiger partial charge >= 0.3 is 10.4 Å². The van der Waals surface area contributed by atoms with Crippen LogP contribution in [0.2, 0.25) is 0 Å². The average molecular weight is 778 g/mol. The fourth-order valence-corrected chi connectivity index (χ4v) is 6.54. The van der Waals surface area contributed by atoms with E-state index < -0.39 is 78.5 Å². The van der Waals surface area contributed by atoms with Gasteiger partial charge in [-0.05, 0) is 38.5 Å². The van der Waals surface area contributed by atoms with Crippen LogP contribution in [0.15, 0.2) is 36.5 Å². The largest absolute Gasteiger partial charge is 0.397 e. The van der Waals surface area contributed by atoms with Crippen LogP contribution in [0, 0.1) is 0 Å². The number of amides is 1. The summed E-state index contributed by atoms with van der Waals surface area (Å²) >= 11 is 0. The smallest absolute Gasteiger partial charge is 0.394 e. The molecule has 53 heavy (non-hydrogen) atoms. The molecule has 0 spiro atoms. The number of carbonyl (C=O) groups excluding carboxylic acids is 1. The van der Waals surface area contributed by atoms with Crippen molar-refractivity contribution in [2.45, 2.75) is 191 Å². The van der Waals surface area contributed by atoms with Crippen LogP contribution in [0.25, 0.3) is 0 Å². The van der Waals surface area contributed by atoms with E-state index in [-0.39, 0.29) is 6.42 Å². The fourth-order valence-electron chi connectivity index (χ4n) is 6.03. The van der Waals surface area contributed by atoms with E-state index in [1.165, 1.54) is 63.9 Å². The highest BCUT2D eigenvalue weighted by molar-refractivity contribution is 7.80. The molecule has 0 saturated carbocycles. The Morgan fingerprint density at radius 1 is 0.755 bits per heavy atom. The van der Waals surface area contributed by atoms with Gasteiger partial charge in [0.2, 0.25) is 5.91 Å². The van der Waals surface area contributed by atoms with Crippen LogP contribution in [-0.2, 0) is 28.9 Å². The molecule has 0 bridgehead atoms. The Morgan fingerprint density at radius 2 is 1.26 bits per heavy atom. The average Bonchev–Trinajstić information content (AvgIpc) is 3.12. The summed E-state index contributed by atoms with van der Waals surface area (Å²) in [6.07, 6.45) is 21.1. The minimum absolute atomic E-state index is 0.235. The molecule has 1 amide bonds. The molecule has 7 N–H and O–H groups in total. The molecule has 1 fully saturated rings. The maximum absolute atomic E-state index is 13.0. The van der Waals surface area contributed by atoms with Crippen molar-refractivity contribution in [2.75, 3.05) is 13.2 Å². The van der Waals surface area contributed by atoms with Gasteiger partial charge < -0.3 is 40.3 Å². The van der Waals surface area contributed by atoms with Crippen LogP contribution in [0.5, 0.6) is 0 Å². The van der Waals surface area contributed by atoms with E-state index in [4.69, 9.17) is 14.0 Å². The predicted molar refractivity (Wildman–Crippen MR) is 205 cm³/mol. The number of hydrogen-bond acceptors (Lipinski definition) is 11. The third-order valence-corrected chi connectivity index (χ3v) is 9.71. The zero-order valence-electron chi connectivity index (χ0n) is 32.2. The van der Waals surface area contributed by atoms with E-state index >= 15 is 0 Å². The lowest BCUT2D eigenvalue weighted by Crippen LogP contribution is -2.61. The van der Waals surface area contributed by atoms with E-state index in [0.717, 1.165) is 51.4 Å². The molecule has 8 atom stereocenters. The summed E-state index contributed by atoms with van der Waals surface area (Å²) < 4.78 is 47.2. The number of hydrogen-bond donors (Lipinski definition) is 7. The van der Waals surface area contributed by atoms with Gasteiger partial charge in [0.25, 0.3) is 0 Å². The van der Waals surface area contributed by atoms with Crippen LogP contribution in [-0.4, -0.2) is 107 Å². The molecule has 13 nitrogen and oxygen atoms in total. The number of ether oxygens (including phenoxy) is 2. The number of rotatable bonds is 32. The normalized spacial score (nSPS) is 22.9.